The first-order valence-corrected chi connectivity index (χ1v) is 6.36. The van der Waals surface area contributed by atoms with E-state index in [0.29, 0.717) is 0 Å². The Hall–Kier alpha value is -2.01. The Morgan fingerprint density at radius 2 is 1.78 bits per heavy atom. The van der Waals surface area contributed by atoms with Crippen LogP contribution in [0.15, 0.2) is 53.4 Å². The molecule has 92 valence electrons. The molecule has 0 amide bonds. The molecule has 0 spiro atoms. The summed E-state index contributed by atoms with van der Waals surface area (Å²) in [6.07, 6.45) is 0. The Labute approximate surface area is 109 Å². The minimum atomic E-state index is -0.397. The van der Waals surface area contributed by atoms with E-state index in [9.17, 15) is 10.1 Å². The number of non-ortho nitro benzene ring substituents is 1. The molecule has 2 N–H and O–H groups in total. The van der Waals surface area contributed by atoms with Crippen molar-refractivity contribution < 1.29 is 4.92 Å². The largest absolute Gasteiger partial charge is 0.398 e. The average molecular weight is 260 g/mol. The van der Waals surface area contributed by atoms with Gasteiger partial charge in [-0.3, -0.25) is 10.1 Å². The van der Waals surface area contributed by atoms with Crippen LogP contribution in [-0.2, 0) is 5.75 Å². The summed E-state index contributed by atoms with van der Waals surface area (Å²) in [5.74, 6) is 0.742. The van der Waals surface area contributed by atoms with Gasteiger partial charge in [-0.05, 0) is 17.7 Å². The summed E-state index contributed by atoms with van der Waals surface area (Å²) in [4.78, 5) is 11.1. The maximum absolute atomic E-state index is 10.5. The number of anilines is 1. The molecule has 0 aliphatic heterocycles. The Morgan fingerprint density at radius 3 is 2.39 bits per heavy atom. The average Bonchev–Trinajstić information content (AvgIpc) is 2.38. The fourth-order valence-electron chi connectivity index (χ4n) is 1.49. The summed E-state index contributed by atoms with van der Waals surface area (Å²) < 4.78 is 0. The summed E-state index contributed by atoms with van der Waals surface area (Å²) >= 11 is 1.62. The molecule has 0 fully saturated rings. The maximum Gasteiger partial charge on any atom is 0.269 e. The number of para-hydroxylation sites is 1. The van der Waals surface area contributed by atoms with Crippen LogP contribution in [0.2, 0.25) is 0 Å². The molecule has 2 aromatic carbocycles. The molecular formula is C13H12N2O2S. The van der Waals surface area contributed by atoms with E-state index in [1.807, 2.05) is 24.3 Å². The number of nitrogen functional groups attached to an aromatic ring is 1. The highest BCUT2D eigenvalue weighted by Gasteiger charge is 2.04. The topological polar surface area (TPSA) is 69.2 Å². The van der Waals surface area contributed by atoms with E-state index in [4.69, 9.17) is 5.73 Å². The maximum atomic E-state index is 10.5. The van der Waals surface area contributed by atoms with Crippen LogP contribution in [-0.4, -0.2) is 4.92 Å². The first-order valence-electron chi connectivity index (χ1n) is 5.37. The van der Waals surface area contributed by atoms with Crippen LogP contribution in [0.4, 0.5) is 11.4 Å². The van der Waals surface area contributed by atoms with E-state index >= 15 is 0 Å². The Balaban J connectivity index is 2.02. The second kappa shape index (κ2) is 5.55. The molecule has 0 unspecified atom stereocenters. The van der Waals surface area contributed by atoms with Gasteiger partial charge >= 0.3 is 0 Å². The summed E-state index contributed by atoms with van der Waals surface area (Å²) in [5, 5.41) is 10.5. The van der Waals surface area contributed by atoms with Gasteiger partial charge in [0.2, 0.25) is 0 Å². The van der Waals surface area contributed by atoms with Gasteiger partial charge in [0.25, 0.3) is 5.69 Å². The number of hydrogen-bond acceptors (Lipinski definition) is 4. The zero-order valence-corrected chi connectivity index (χ0v) is 10.4. The van der Waals surface area contributed by atoms with E-state index in [1.54, 1.807) is 23.9 Å². The molecule has 2 rings (SSSR count). The van der Waals surface area contributed by atoms with Gasteiger partial charge in [0.1, 0.15) is 0 Å². The van der Waals surface area contributed by atoms with Crippen molar-refractivity contribution in [2.75, 3.05) is 5.73 Å². The van der Waals surface area contributed by atoms with Crippen molar-refractivity contribution in [1.82, 2.24) is 0 Å². The molecule has 0 bridgehead atoms. The van der Waals surface area contributed by atoms with Crippen LogP contribution < -0.4 is 5.73 Å². The van der Waals surface area contributed by atoms with Crippen molar-refractivity contribution in [3.8, 4) is 0 Å². The monoisotopic (exact) mass is 260 g/mol. The lowest BCUT2D eigenvalue weighted by Gasteiger charge is -2.04. The number of nitro groups is 1. The van der Waals surface area contributed by atoms with E-state index in [2.05, 4.69) is 0 Å². The van der Waals surface area contributed by atoms with E-state index in [1.165, 1.54) is 12.1 Å². The zero-order chi connectivity index (χ0) is 13.0. The van der Waals surface area contributed by atoms with Gasteiger partial charge < -0.3 is 5.73 Å². The van der Waals surface area contributed by atoms with Gasteiger partial charge in [0.15, 0.2) is 0 Å². The molecular weight excluding hydrogens is 248 g/mol. The van der Waals surface area contributed by atoms with Crippen molar-refractivity contribution in [2.24, 2.45) is 0 Å². The normalized spacial score (nSPS) is 10.2. The van der Waals surface area contributed by atoms with Crippen LogP contribution in [0.5, 0.6) is 0 Å². The fraction of sp³-hybridized carbons (Fsp3) is 0.0769. The van der Waals surface area contributed by atoms with E-state index in [0.717, 1.165) is 21.9 Å². The molecule has 0 aromatic heterocycles. The van der Waals surface area contributed by atoms with Gasteiger partial charge in [0, 0.05) is 28.5 Å². The third-order valence-electron chi connectivity index (χ3n) is 2.46. The number of nitro benzene ring substituents is 1. The molecule has 4 nitrogen and oxygen atoms in total. The third-order valence-corrected chi connectivity index (χ3v) is 3.62. The lowest BCUT2D eigenvalue weighted by atomic mass is 10.2. The minimum absolute atomic E-state index is 0.114. The predicted octanol–water partition coefficient (Wildman–Crippen LogP) is 3.47. The fourth-order valence-corrected chi connectivity index (χ4v) is 2.41. The molecule has 0 heterocycles. The Morgan fingerprint density at radius 1 is 1.11 bits per heavy atom. The van der Waals surface area contributed by atoms with E-state index in [-0.39, 0.29) is 5.69 Å². The second-order valence-corrected chi connectivity index (χ2v) is 4.77. The highest BCUT2D eigenvalue weighted by Crippen LogP contribution is 2.28. The second-order valence-electron chi connectivity index (χ2n) is 3.75. The molecule has 2 aromatic rings. The van der Waals surface area contributed by atoms with Crippen molar-refractivity contribution in [3.05, 3.63) is 64.2 Å². The van der Waals surface area contributed by atoms with Gasteiger partial charge in [-0.2, -0.15) is 0 Å². The van der Waals surface area contributed by atoms with E-state index < -0.39 is 4.92 Å². The van der Waals surface area contributed by atoms with Crippen LogP contribution in [0.1, 0.15) is 5.56 Å². The SMILES string of the molecule is Nc1ccccc1SCc1ccc([N+](=O)[O-])cc1. The van der Waals surface area contributed by atoms with Crippen LogP contribution in [0, 0.1) is 10.1 Å². The van der Waals surface area contributed by atoms with Crippen molar-refractivity contribution in [1.29, 1.82) is 0 Å². The molecule has 0 radical (unpaired) electrons. The summed E-state index contributed by atoms with van der Waals surface area (Å²) in [6.45, 7) is 0. The molecule has 18 heavy (non-hydrogen) atoms. The minimum Gasteiger partial charge on any atom is -0.398 e. The Bertz CT molecular complexity index is 555. The first kappa shape index (κ1) is 12.4. The lowest BCUT2D eigenvalue weighted by molar-refractivity contribution is -0.384. The number of rotatable bonds is 4. The zero-order valence-electron chi connectivity index (χ0n) is 9.58. The number of nitrogens with zero attached hydrogens (tertiary/aromatic N) is 1. The highest BCUT2D eigenvalue weighted by molar-refractivity contribution is 7.98. The first-order chi connectivity index (χ1) is 8.66. The molecule has 5 heteroatoms. The van der Waals surface area contributed by atoms with Crippen molar-refractivity contribution >= 4 is 23.1 Å². The quantitative estimate of drug-likeness (QED) is 0.395. The van der Waals surface area contributed by atoms with Gasteiger partial charge in [-0.15, -0.1) is 11.8 Å². The molecule has 0 aliphatic carbocycles. The highest BCUT2D eigenvalue weighted by atomic mass is 32.2. The molecule has 0 aliphatic rings. The molecule has 0 atom stereocenters. The number of benzene rings is 2. The standard InChI is InChI=1S/C13H12N2O2S/c14-12-3-1-2-4-13(12)18-9-10-5-7-11(8-6-10)15(16)17/h1-8H,9,14H2. The number of hydrogen-bond donors (Lipinski definition) is 1. The summed E-state index contributed by atoms with van der Waals surface area (Å²) in [6, 6.07) is 14.2. The Kier molecular flexibility index (Phi) is 3.84. The number of thioether (sulfide) groups is 1. The summed E-state index contributed by atoms with van der Waals surface area (Å²) in [5.41, 5.74) is 7.74. The van der Waals surface area contributed by atoms with Gasteiger partial charge in [0.05, 0.1) is 4.92 Å². The van der Waals surface area contributed by atoms with Crippen LogP contribution in [0.3, 0.4) is 0 Å². The smallest absolute Gasteiger partial charge is 0.269 e. The van der Waals surface area contributed by atoms with Crippen molar-refractivity contribution in [3.63, 3.8) is 0 Å². The van der Waals surface area contributed by atoms with Gasteiger partial charge in [-0.1, -0.05) is 24.3 Å². The molecule has 0 saturated heterocycles. The predicted molar refractivity (Wildman–Crippen MR) is 73.5 cm³/mol. The third kappa shape index (κ3) is 3.01. The lowest BCUT2D eigenvalue weighted by Crippen LogP contribution is -1.89. The summed E-state index contributed by atoms with van der Waals surface area (Å²) in [7, 11) is 0. The van der Waals surface area contributed by atoms with Crippen LogP contribution in [0.25, 0.3) is 0 Å². The van der Waals surface area contributed by atoms with Crippen molar-refractivity contribution in [2.45, 2.75) is 10.6 Å². The molecule has 0 saturated carbocycles. The van der Waals surface area contributed by atoms with Gasteiger partial charge in [-0.25, -0.2) is 0 Å². The van der Waals surface area contributed by atoms with Crippen LogP contribution >= 0.6 is 11.8 Å². The number of nitrogens with two attached hydrogens (primary N) is 1.